The van der Waals surface area contributed by atoms with E-state index in [0.29, 0.717) is 11.0 Å². The van der Waals surface area contributed by atoms with Crippen molar-refractivity contribution in [2.24, 2.45) is 0 Å². The first-order valence-electron chi connectivity index (χ1n) is 8.93. The van der Waals surface area contributed by atoms with Crippen molar-refractivity contribution in [1.82, 2.24) is 15.0 Å². The average Bonchev–Trinajstić information content (AvgIpc) is 3.11. The first-order chi connectivity index (χ1) is 14.4. The van der Waals surface area contributed by atoms with Gasteiger partial charge in [-0.15, -0.1) is 0 Å². The van der Waals surface area contributed by atoms with Crippen LogP contribution in [0.5, 0.6) is 0 Å². The van der Waals surface area contributed by atoms with E-state index in [-0.39, 0.29) is 5.02 Å². The number of hydrogen-bond donors (Lipinski definition) is 1. The van der Waals surface area contributed by atoms with Crippen molar-refractivity contribution in [3.63, 3.8) is 0 Å². The molecule has 0 radical (unpaired) electrons. The van der Waals surface area contributed by atoms with E-state index in [1.807, 2.05) is 37.1 Å². The fraction of sp³-hybridized carbons (Fsp3) is 0.0952. The lowest BCUT2D eigenvalue weighted by Gasteiger charge is -2.16. The number of halogens is 3. The van der Waals surface area contributed by atoms with Gasteiger partial charge in [0.05, 0.1) is 21.3 Å². The maximum Gasteiger partial charge on any atom is 0.227 e. The smallest absolute Gasteiger partial charge is 0.227 e. The van der Waals surface area contributed by atoms with E-state index in [1.165, 1.54) is 17.4 Å². The number of hydrogen-bond acceptors (Lipinski definition) is 6. The van der Waals surface area contributed by atoms with Crippen LogP contribution in [0.4, 0.5) is 26.8 Å². The fourth-order valence-electron chi connectivity index (χ4n) is 2.81. The van der Waals surface area contributed by atoms with E-state index in [2.05, 4.69) is 20.3 Å². The molecular formula is C21H16Cl2FN5S. The predicted octanol–water partition coefficient (Wildman–Crippen LogP) is 6.87. The van der Waals surface area contributed by atoms with Gasteiger partial charge in [-0.25, -0.2) is 19.3 Å². The van der Waals surface area contributed by atoms with Crippen molar-refractivity contribution in [3.05, 3.63) is 76.3 Å². The Kier molecular flexibility index (Phi) is 5.85. The number of nitrogens with zero attached hydrogens (tertiary/aromatic N) is 4. The zero-order valence-electron chi connectivity index (χ0n) is 16.0. The van der Waals surface area contributed by atoms with Crippen LogP contribution in [0.2, 0.25) is 10.0 Å². The second-order valence-corrected chi connectivity index (χ2v) is 8.29. The third-order valence-corrected chi connectivity index (χ3v) is 6.11. The minimum Gasteiger partial charge on any atom is -0.324 e. The second kappa shape index (κ2) is 8.55. The lowest BCUT2D eigenvalue weighted by atomic mass is 10.3. The van der Waals surface area contributed by atoms with Gasteiger partial charge in [-0.3, -0.25) is 0 Å². The zero-order valence-corrected chi connectivity index (χ0v) is 18.4. The van der Waals surface area contributed by atoms with Crippen molar-refractivity contribution < 1.29 is 4.39 Å². The highest BCUT2D eigenvalue weighted by Gasteiger charge is 2.16. The quantitative estimate of drug-likeness (QED) is 0.352. The highest BCUT2D eigenvalue weighted by atomic mass is 35.5. The molecule has 0 saturated heterocycles. The molecule has 4 rings (SSSR count). The zero-order chi connectivity index (χ0) is 21.3. The van der Waals surface area contributed by atoms with Gasteiger partial charge in [0.2, 0.25) is 5.95 Å². The van der Waals surface area contributed by atoms with E-state index < -0.39 is 5.82 Å². The monoisotopic (exact) mass is 459 g/mol. The van der Waals surface area contributed by atoms with Crippen LogP contribution in [0.25, 0.3) is 10.6 Å². The molecule has 2 heterocycles. The van der Waals surface area contributed by atoms with Crippen LogP contribution in [-0.4, -0.2) is 22.0 Å². The average molecular weight is 460 g/mol. The lowest BCUT2D eigenvalue weighted by molar-refractivity contribution is 0.628. The molecule has 4 aromatic rings. The molecule has 0 atom stereocenters. The van der Waals surface area contributed by atoms with Crippen molar-refractivity contribution >= 4 is 57.0 Å². The summed E-state index contributed by atoms with van der Waals surface area (Å²) in [7, 11) is 1.86. The van der Waals surface area contributed by atoms with Crippen molar-refractivity contribution in [2.75, 3.05) is 17.3 Å². The molecule has 5 nitrogen and oxygen atoms in total. The number of benzene rings is 2. The van der Waals surface area contributed by atoms with Crippen LogP contribution in [0.1, 0.15) is 5.69 Å². The molecule has 9 heteroatoms. The Morgan fingerprint density at radius 3 is 2.67 bits per heavy atom. The standard InChI is InChI=1S/C21H16Cl2FN5S/c1-12-19(30-21(26-12)29(2)15-6-7-17(24)16(23)11-15)18-8-9-25-20(28-18)27-14-5-3-4-13(22)10-14/h3-11H,1-2H3,(H,25,27,28). The predicted molar refractivity (Wildman–Crippen MR) is 122 cm³/mol. The molecule has 1 N–H and O–H groups in total. The molecule has 0 aliphatic rings. The normalized spacial score (nSPS) is 10.8. The number of aryl methyl sites for hydroxylation is 1. The summed E-state index contributed by atoms with van der Waals surface area (Å²) in [6.45, 7) is 1.92. The van der Waals surface area contributed by atoms with Crippen LogP contribution in [-0.2, 0) is 0 Å². The first-order valence-corrected chi connectivity index (χ1v) is 10.5. The van der Waals surface area contributed by atoms with E-state index in [1.54, 1.807) is 30.5 Å². The lowest BCUT2D eigenvalue weighted by Crippen LogP contribution is -2.09. The maximum atomic E-state index is 13.5. The van der Waals surface area contributed by atoms with Crippen LogP contribution in [0.15, 0.2) is 54.7 Å². The van der Waals surface area contributed by atoms with Gasteiger partial charge in [-0.2, -0.15) is 0 Å². The van der Waals surface area contributed by atoms with Gasteiger partial charge >= 0.3 is 0 Å². The summed E-state index contributed by atoms with van der Waals surface area (Å²) >= 11 is 13.4. The maximum absolute atomic E-state index is 13.5. The summed E-state index contributed by atoms with van der Waals surface area (Å²) in [5.41, 5.74) is 3.13. The van der Waals surface area contributed by atoms with Crippen LogP contribution in [0.3, 0.4) is 0 Å². The first kappa shape index (κ1) is 20.5. The molecule has 0 aliphatic carbocycles. The second-order valence-electron chi connectivity index (χ2n) is 6.47. The van der Waals surface area contributed by atoms with Crippen molar-refractivity contribution in [2.45, 2.75) is 6.92 Å². The Bertz CT molecular complexity index is 1210. The molecule has 0 saturated carbocycles. The molecular weight excluding hydrogens is 444 g/mol. The molecule has 152 valence electrons. The van der Waals surface area contributed by atoms with Gasteiger partial charge in [0.15, 0.2) is 5.13 Å². The Labute approximate surface area is 187 Å². The summed E-state index contributed by atoms with van der Waals surface area (Å²) in [5, 5.41) is 4.60. The Balaban J connectivity index is 1.62. The van der Waals surface area contributed by atoms with E-state index >= 15 is 0 Å². The number of nitrogens with one attached hydrogen (secondary N) is 1. The number of aromatic nitrogens is 3. The van der Waals surface area contributed by atoms with Gasteiger partial charge in [0.1, 0.15) is 5.82 Å². The van der Waals surface area contributed by atoms with Gasteiger partial charge < -0.3 is 10.2 Å². The molecule has 30 heavy (non-hydrogen) atoms. The number of anilines is 4. The van der Waals surface area contributed by atoms with Gasteiger partial charge in [0, 0.05) is 29.6 Å². The molecule has 0 aliphatic heterocycles. The third kappa shape index (κ3) is 4.38. The topological polar surface area (TPSA) is 53.9 Å². The minimum atomic E-state index is -0.453. The highest BCUT2D eigenvalue weighted by Crippen LogP contribution is 2.37. The molecule has 0 amide bonds. The van der Waals surface area contributed by atoms with Crippen LogP contribution in [0, 0.1) is 12.7 Å². The van der Waals surface area contributed by atoms with Gasteiger partial charge in [0.25, 0.3) is 0 Å². The Morgan fingerprint density at radius 2 is 1.90 bits per heavy atom. The van der Waals surface area contributed by atoms with Crippen LogP contribution < -0.4 is 10.2 Å². The summed E-state index contributed by atoms with van der Waals surface area (Å²) in [4.78, 5) is 16.3. The van der Waals surface area contributed by atoms with Crippen molar-refractivity contribution in [3.8, 4) is 10.6 Å². The van der Waals surface area contributed by atoms with Gasteiger partial charge in [-0.1, -0.05) is 40.6 Å². The summed E-state index contributed by atoms with van der Waals surface area (Å²) in [6, 6.07) is 13.8. The largest absolute Gasteiger partial charge is 0.324 e. The summed E-state index contributed by atoms with van der Waals surface area (Å²) in [5.74, 6) is 0.00771. The number of rotatable bonds is 5. The minimum absolute atomic E-state index is 0.0698. The molecule has 0 fully saturated rings. The van der Waals surface area contributed by atoms with Crippen LogP contribution >= 0.6 is 34.5 Å². The Hall–Kier alpha value is -2.74. The van der Waals surface area contributed by atoms with Gasteiger partial charge in [-0.05, 0) is 49.4 Å². The molecule has 2 aromatic heterocycles. The summed E-state index contributed by atoms with van der Waals surface area (Å²) in [6.07, 6.45) is 1.69. The SMILES string of the molecule is Cc1nc(N(C)c2ccc(F)c(Cl)c2)sc1-c1ccnc(Nc2cccc(Cl)c2)n1. The van der Waals surface area contributed by atoms with E-state index in [9.17, 15) is 4.39 Å². The highest BCUT2D eigenvalue weighted by molar-refractivity contribution is 7.19. The van der Waals surface area contributed by atoms with E-state index in [0.717, 1.165) is 32.8 Å². The molecule has 0 bridgehead atoms. The Morgan fingerprint density at radius 1 is 1.07 bits per heavy atom. The molecule has 2 aromatic carbocycles. The summed E-state index contributed by atoms with van der Waals surface area (Å²) < 4.78 is 13.5. The molecule has 0 unspecified atom stereocenters. The van der Waals surface area contributed by atoms with Crippen molar-refractivity contribution in [1.29, 1.82) is 0 Å². The number of thiazole rings is 1. The molecule has 0 spiro atoms. The van der Waals surface area contributed by atoms with E-state index in [4.69, 9.17) is 23.2 Å². The third-order valence-electron chi connectivity index (χ3n) is 4.33. The fourth-order valence-corrected chi connectivity index (χ4v) is 4.19.